The zero-order valence-corrected chi connectivity index (χ0v) is 11.4. The van der Waals surface area contributed by atoms with Crippen molar-refractivity contribution in [1.29, 1.82) is 0 Å². The number of hydrogen-bond acceptors (Lipinski definition) is 3. The van der Waals surface area contributed by atoms with Crippen LogP contribution in [-0.4, -0.2) is 18.5 Å². The lowest BCUT2D eigenvalue weighted by Gasteiger charge is -2.04. The van der Waals surface area contributed by atoms with Crippen LogP contribution in [0.1, 0.15) is 37.3 Å². The predicted octanol–water partition coefficient (Wildman–Crippen LogP) is 1.99. The number of primary amides is 1. The lowest BCUT2D eigenvalue weighted by Crippen LogP contribution is -2.13. The lowest BCUT2D eigenvalue weighted by atomic mass is 10.0. The van der Waals surface area contributed by atoms with Gasteiger partial charge in [0.05, 0.1) is 13.0 Å². The fourth-order valence-electron chi connectivity index (χ4n) is 1.93. The third-order valence-electron chi connectivity index (χ3n) is 2.77. The first-order valence-electron chi connectivity index (χ1n) is 6.63. The Morgan fingerprint density at radius 2 is 1.95 bits per heavy atom. The summed E-state index contributed by atoms with van der Waals surface area (Å²) in [5.41, 5.74) is 7.28. The molecular weight excluding hydrogens is 242 g/mol. The number of esters is 1. The summed E-state index contributed by atoms with van der Waals surface area (Å²) in [4.78, 5) is 22.0. The van der Waals surface area contributed by atoms with Crippen LogP contribution in [0.5, 0.6) is 0 Å². The van der Waals surface area contributed by atoms with Crippen molar-refractivity contribution in [3.8, 4) is 0 Å². The number of unbranched alkanes of at least 4 members (excludes halogenated alkanes) is 1. The van der Waals surface area contributed by atoms with E-state index in [4.69, 9.17) is 10.5 Å². The summed E-state index contributed by atoms with van der Waals surface area (Å²) in [6.07, 6.45) is 3.38. The maximum Gasteiger partial charge on any atom is 0.305 e. The van der Waals surface area contributed by atoms with Crippen LogP contribution in [0.25, 0.3) is 0 Å². The average Bonchev–Trinajstić information content (AvgIpc) is 2.35. The molecule has 1 rings (SSSR count). The number of amides is 1. The summed E-state index contributed by atoms with van der Waals surface area (Å²) in [7, 11) is 0. The Hall–Kier alpha value is -1.84. The van der Waals surface area contributed by atoms with Gasteiger partial charge in [0.15, 0.2) is 0 Å². The number of rotatable bonds is 8. The van der Waals surface area contributed by atoms with E-state index >= 15 is 0 Å². The number of nitrogens with two attached hydrogens (primary N) is 1. The normalized spacial score (nSPS) is 10.2. The Morgan fingerprint density at radius 1 is 1.21 bits per heavy atom. The highest BCUT2D eigenvalue weighted by atomic mass is 16.5. The Morgan fingerprint density at radius 3 is 2.63 bits per heavy atom. The molecule has 104 valence electrons. The number of ether oxygens (including phenoxy) is 1. The van der Waals surface area contributed by atoms with Crippen LogP contribution in [0.15, 0.2) is 24.3 Å². The van der Waals surface area contributed by atoms with Gasteiger partial charge in [-0.2, -0.15) is 0 Å². The molecule has 0 fully saturated rings. The van der Waals surface area contributed by atoms with Crippen LogP contribution >= 0.6 is 0 Å². The first kappa shape index (κ1) is 15.2. The molecule has 0 bridgehead atoms. The molecule has 4 heteroatoms. The van der Waals surface area contributed by atoms with E-state index in [0.717, 1.165) is 24.8 Å². The molecular formula is C15H21NO3. The first-order valence-corrected chi connectivity index (χ1v) is 6.63. The van der Waals surface area contributed by atoms with Crippen molar-refractivity contribution in [3.63, 3.8) is 0 Å². The van der Waals surface area contributed by atoms with Gasteiger partial charge in [-0.05, 0) is 37.3 Å². The smallest absolute Gasteiger partial charge is 0.305 e. The second-order valence-corrected chi connectivity index (χ2v) is 4.48. The molecule has 0 radical (unpaired) electrons. The van der Waals surface area contributed by atoms with Crippen molar-refractivity contribution in [3.05, 3.63) is 35.4 Å². The van der Waals surface area contributed by atoms with Crippen LogP contribution in [0.2, 0.25) is 0 Å². The Balaban J connectivity index is 2.33. The number of carbonyl (C=O) groups excluding carboxylic acids is 2. The third-order valence-corrected chi connectivity index (χ3v) is 2.77. The van der Waals surface area contributed by atoms with E-state index in [1.807, 2.05) is 31.2 Å². The molecule has 1 amide bonds. The van der Waals surface area contributed by atoms with Crippen molar-refractivity contribution < 1.29 is 14.3 Å². The molecule has 0 saturated heterocycles. The summed E-state index contributed by atoms with van der Waals surface area (Å²) in [5, 5.41) is 0. The molecule has 19 heavy (non-hydrogen) atoms. The van der Waals surface area contributed by atoms with Gasteiger partial charge in [-0.25, -0.2) is 0 Å². The maximum atomic E-state index is 11.2. The van der Waals surface area contributed by atoms with Gasteiger partial charge in [-0.15, -0.1) is 0 Å². The van der Waals surface area contributed by atoms with Crippen LogP contribution in [0.3, 0.4) is 0 Å². The molecule has 0 aliphatic heterocycles. The SMILES string of the molecule is CCOC(=O)CCCCc1cccc(CC(N)=O)c1. The molecule has 0 aliphatic rings. The largest absolute Gasteiger partial charge is 0.466 e. The minimum atomic E-state index is -0.320. The standard InChI is InChI=1S/C15H21NO3/c1-2-19-15(18)9-4-3-6-12-7-5-8-13(10-12)11-14(16)17/h5,7-8,10H,2-4,6,9,11H2,1H3,(H2,16,17). The van der Waals surface area contributed by atoms with E-state index in [9.17, 15) is 9.59 Å². The molecule has 1 aromatic rings. The van der Waals surface area contributed by atoms with Gasteiger partial charge in [0.2, 0.25) is 5.91 Å². The van der Waals surface area contributed by atoms with Crippen LogP contribution in [-0.2, 0) is 27.2 Å². The Bertz CT molecular complexity index is 429. The van der Waals surface area contributed by atoms with Gasteiger partial charge in [-0.3, -0.25) is 9.59 Å². The van der Waals surface area contributed by atoms with Gasteiger partial charge in [-0.1, -0.05) is 24.3 Å². The fraction of sp³-hybridized carbons (Fsp3) is 0.467. The average molecular weight is 263 g/mol. The van der Waals surface area contributed by atoms with E-state index in [0.29, 0.717) is 13.0 Å². The predicted molar refractivity (Wildman–Crippen MR) is 73.5 cm³/mol. The van der Waals surface area contributed by atoms with Crippen LogP contribution in [0, 0.1) is 0 Å². The number of benzene rings is 1. The molecule has 1 aromatic carbocycles. The van der Waals surface area contributed by atoms with Gasteiger partial charge in [0, 0.05) is 6.42 Å². The van der Waals surface area contributed by atoms with Crippen molar-refractivity contribution in [2.45, 2.75) is 39.0 Å². The molecule has 0 heterocycles. The molecule has 0 aromatic heterocycles. The zero-order valence-electron chi connectivity index (χ0n) is 11.4. The lowest BCUT2D eigenvalue weighted by molar-refractivity contribution is -0.143. The first-order chi connectivity index (χ1) is 9.11. The molecule has 0 aliphatic carbocycles. The van der Waals surface area contributed by atoms with E-state index in [2.05, 4.69) is 0 Å². The number of carbonyl (C=O) groups is 2. The topological polar surface area (TPSA) is 69.4 Å². The van der Waals surface area contributed by atoms with E-state index in [-0.39, 0.29) is 18.3 Å². The molecule has 0 spiro atoms. The minimum Gasteiger partial charge on any atom is -0.466 e. The van der Waals surface area contributed by atoms with Crippen molar-refractivity contribution in [1.82, 2.24) is 0 Å². The molecule has 0 atom stereocenters. The molecule has 0 saturated carbocycles. The second kappa shape index (κ2) is 8.29. The van der Waals surface area contributed by atoms with Crippen molar-refractivity contribution >= 4 is 11.9 Å². The van der Waals surface area contributed by atoms with Crippen molar-refractivity contribution in [2.24, 2.45) is 5.73 Å². The summed E-state index contributed by atoms with van der Waals surface area (Å²) >= 11 is 0. The van der Waals surface area contributed by atoms with Gasteiger partial charge in [0.25, 0.3) is 0 Å². The number of hydrogen-bond donors (Lipinski definition) is 1. The van der Waals surface area contributed by atoms with Crippen LogP contribution < -0.4 is 5.73 Å². The minimum absolute atomic E-state index is 0.134. The molecule has 4 nitrogen and oxygen atoms in total. The van der Waals surface area contributed by atoms with Crippen molar-refractivity contribution in [2.75, 3.05) is 6.61 Å². The molecule has 0 unspecified atom stereocenters. The second-order valence-electron chi connectivity index (χ2n) is 4.48. The van der Waals surface area contributed by atoms with Gasteiger partial charge in [0.1, 0.15) is 0 Å². The van der Waals surface area contributed by atoms with E-state index in [1.165, 1.54) is 5.56 Å². The summed E-state index contributed by atoms with van der Waals surface area (Å²) in [6.45, 7) is 2.25. The highest BCUT2D eigenvalue weighted by Crippen LogP contribution is 2.10. The Kier molecular flexibility index (Phi) is 6.64. The van der Waals surface area contributed by atoms with Gasteiger partial charge >= 0.3 is 5.97 Å². The fourth-order valence-corrected chi connectivity index (χ4v) is 1.93. The third kappa shape index (κ3) is 6.60. The maximum absolute atomic E-state index is 11.2. The number of aryl methyl sites for hydroxylation is 1. The van der Waals surface area contributed by atoms with Gasteiger partial charge < -0.3 is 10.5 Å². The zero-order chi connectivity index (χ0) is 14.1. The van der Waals surface area contributed by atoms with E-state index < -0.39 is 0 Å². The molecule has 2 N–H and O–H groups in total. The van der Waals surface area contributed by atoms with Crippen LogP contribution in [0.4, 0.5) is 0 Å². The highest BCUT2D eigenvalue weighted by Gasteiger charge is 2.03. The Labute approximate surface area is 113 Å². The van der Waals surface area contributed by atoms with E-state index in [1.54, 1.807) is 0 Å². The summed E-state index contributed by atoms with van der Waals surface area (Å²) in [6, 6.07) is 7.84. The summed E-state index contributed by atoms with van der Waals surface area (Å²) in [5.74, 6) is -0.454. The highest BCUT2D eigenvalue weighted by molar-refractivity contribution is 5.76. The quantitative estimate of drug-likeness (QED) is 0.576. The summed E-state index contributed by atoms with van der Waals surface area (Å²) < 4.78 is 4.87. The monoisotopic (exact) mass is 263 g/mol.